The van der Waals surface area contributed by atoms with Gasteiger partial charge in [0.15, 0.2) is 0 Å². The molecule has 27 heavy (non-hydrogen) atoms. The van der Waals surface area contributed by atoms with Crippen LogP contribution in [0.2, 0.25) is 0 Å². The van der Waals surface area contributed by atoms with Crippen LogP contribution in [0.25, 0.3) is 4.85 Å². The lowest BCUT2D eigenvalue weighted by Gasteiger charge is -2.19. The molecule has 2 aromatic carbocycles. The maximum absolute atomic E-state index is 12.6. The van der Waals surface area contributed by atoms with Gasteiger partial charge in [-0.2, -0.15) is 0 Å². The molecule has 0 aliphatic carbocycles. The summed E-state index contributed by atoms with van der Waals surface area (Å²) in [5, 5.41) is 12.3. The number of ether oxygens (including phenoxy) is 1. The van der Waals surface area contributed by atoms with Crippen LogP contribution in [-0.4, -0.2) is 29.8 Å². The molecule has 5 nitrogen and oxygen atoms in total. The second-order valence-electron chi connectivity index (χ2n) is 6.47. The first-order valence-corrected chi connectivity index (χ1v) is 9.56. The molecule has 6 heteroatoms. The minimum atomic E-state index is -0.272. The zero-order valence-corrected chi connectivity index (χ0v) is 17.0. The highest BCUT2D eigenvalue weighted by Crippen LogP contribution is 2.29. The summed E-state index contributed by atoms with van der Waals surface area (Å²) in [4.78, 5) is 16.1. The van der Waals surface area contributed by atoms with Crippen molar-refractivity contribution in [2.45, 2.75) is 38.8 Å². The Morgan fingerprint density at radius 3 is 2.56 bits per heavy atom. The smallest absolute Gasteiger partial charge is 0.250 e. The summed E-state index contributed by atoms with van der Waals surface area (Å²) in [6, 6.07) is 12.5. The van der Waals surface area contributed by atoms with Gasteiger partial charge in [0, 0.05) is 22.7 Å². The number of carbonyl (C=O) groups is 1. The van der Waals surface area contributed by atoms with Gasteiger partial charge in [0.1, 0.15) is 5.75 Å². The number of nitrogens with one attached hydrogen (secondary N) is 1. The van der Waals surface area contributed by atoms with E-state index in [4.69, 9.17) is 11.3 Å². The van der Waals surface area contributed by atoms with E-state index in [0.29, 0.717) is 29.8 Å². The van der Waals surface area contributed by atoms with Gasteiger partial charge >= 0.3 is 0 Å². The van der Waals surface area contributed by atoms with Crippen LogP contribution in [0.4, 0.5) is 5.69 Å². The maximum Gasteiger partial charge on any atom is 0.250 e. The van der Waals surface area contributed by atoms with Crippen LogP contribution < -0.4 is 10.1 Å². The van der Waals surface area contributed by atoms with Crippen LogP contribution in [0.3, 0.4) is 0 Å². The first kappa shape index (κ1) is 20.9. The lowest BCUT2D eigenvalue weighted by atomic mass is 10.0. The molecule has 0 fully saturated rings. The summed E-state index contributed by atoms with van der Waals surface area (Å²) >= 11 is 3.40. The highest BCUT2D eigenvalue weighted by molar-refractivity contribution is 9.10. The van der Waals surface area contributed by atoms with Crippen molar-refractivity contribution in [2.75, 3.05) is 6.61 Å². The standard InChI is InChI=1S/C21H23BrN2O3/c1-14(2)27-20-9-6-16(13-19(20)23-3)21(26)24-18(10-11-25)12-15-4-7-17(22)8-5-15/h4-9,13-14,18,25H,10-12H2,1-2H3,(H,24,26). The van der Waals surface area contributed by atoms with E-state index in [9.17, 15) is 9.90 Å². The minimum absolute atomic E-state index is 0.0179. The van der Waals surface area contributed by atoms with E-state index in [1.165, 1.54) is 6.07 Å². The Morgan fingerprint density at radius 2 is 1.96 bits per heavy atom. The van der Waals surface area contributed by atoms with Gasteiger partial charge < -0.3 is 15.2 Å². The molecule has 0 heterocycles. The van der Waals surface area contributed by atoms with Crippen LogP contribution in [0.1, 0.15) is 36.2 Å². The van der Waals surface area contributed by atoms with Crippen molar-refractivity contribution in [2.24, 2.45) is 0 Å². The zero-order chi connectivity index (χ0) is 19.8. The van der Waals surface area contributed by atoms with Crippen molar-refractivity contribution in [1.82, 2.24) is 5.32 Å². The number of benzene rings is 2. The summed E-state index contributed by atoms with van der Waals surface area (Å²) in [5.74, 6) is 0.199. The van der Waals surface area contributed by atoms with Crippen LogP contribution >= 0.6 is 15.9 Å². The van der Waals surface area contributed by atoms with Crippen LogP contribution in [0, 0.1) is 6.57 Å². The van der Waals surface area contributed by atoms with Gasteiger partial charge in [0.2, 0.25) is 11.6 Å². The Kier molecular flexibility index (Phi) is 7.83. The molecular formula is C21H23BrN2O3. The third-order valence-corrected chi connectivity index (χ3v) is 4.44. The largest absolute Gasteiger partial charge is 0.502 e. The fourth-order valence-corrected chi connectivity index (χ4v) is 2.92. The maximum atomic E-state index is 12.6. The summed E-state index contributed by atoms with van der Waals surface area (Å²) in [5.41, 5.74) is 1.78. The Labute approximate surface area is 168 Å². The van der Waals surface area contributed by atoms with Crippen LogP contribution in [0.15, 0.2) is 46.9 Å². The second-order valence-corrected chi connectivity index (χ2v) is 7.39. The Hall–Kier alpha value is -2.36. The lowest BCUT2D eigenvalue weighted by Crippen LogP contribution is -2.37. The van der Waals surface area contributed by atoms with E-state index in [2.05, 4.69) is 26.1 Å². The number of amides is 1. The molecule has 0 bridgehead atoms. The van der Waals surface area contributed by atoms with Crippen LogP contribution in [0.5, 0.6) is 5.75 Å². The van der Waals surface area contributed by atoms with Crippen molar-refractivity contribution < 1.29 is 14.6 Å². The number of aliphatic hydroxyl groups is 1. The number of hydrogen-bond acceptors (Lipinski definition) is 3. The molecule has 0 aromatic heterocycles. The fraction of sp³-hybridized carbons (Fsp3) is 0.333. The van der Waals surface area contributed by atoms with Gasteiger partial charge in [-0.15, -0.1) is 0 Å². The number of halogens is 1. The first-order valence-electron chi connectivity index (χ1n) is 8.77. The number of nitrogens with zero attached hydrogens (tertiary/aromatic N) is 1. The van der Waals surface area contributed by atoms with Gasteiger partial charge in [0.05, 0.1) is 12.7 Å². The predicted octanol–water partition coefficient (Wildman–Crippen LogP) is 4.51. The zero-order valence-electron chi connectivity index (χ0n) is 15.4. The topological polar surface area (TPSA) is 62.9 Å². The number of rotatable bonds is 8. The normalized spacial score (nSPS) is 11.7. The summed E-state index contributed by atoms with van der Waals surface area (Å²) < 4.78 is 6.59. The molecule has 0 aliphatic heterocycles. The molecule has 2 N–H and O–H groups in total. The second kappa shape index (κ2) is 10.1. The molecular weight excluding hydrogens is 408 g/mol. The van der Waals surface area contributed by atoms with Crippen molar-refractivity contribution in [3.63, 3.8) is 0 Å². The van der Waals surface area contributed by atoms with E-state index >= 15 is 0 Å². The monoisotopic (exact) mass is 430 g/mol. The minimum Gasteiger partial charge on any atom is -0.502 e. The van der Waals surface area contributed by atoms with E-state index in [0.717, 1.165) is 10.0 Å². The third kappa shape index (κ3) is 6.38. The summed E-state index contributed by atoms with van der Waals surface area (Å²) in [7, 11) is 0. The quantitative estimate of drug-likeness (QED) is 0.605. The molecule has 0 saturated heterocycles. The first-order chi connectivity index (χ1) is 12.9. The molecule has 142 valence electrons. The average molecular weight is 431 g/mol. The van der Waals surface area contributed by atoms with Crippen LogP contribution in [-0.2, 0) is 6.42 Å². The Balaban J connectivity index is 2.12. The van der Waals surface area contributed by atoms with E-state index < -0.39 is 0 Å². The van der Waals surface area contributed by atoms with Gasteiger partial charge in [0.25, 0.3) is 0 Å². The molecule has 2 rings (SSSR count). The number of carbonyl (C=O) groups excluding carboxylic acids is 1. The Bertz CT molecular complexity index is 813. The highest BCUT2D eigenvalue weighted by Gasteiger charge is 2.16. The molecule has 0 radical (unpaired) electrons. The number of hydrogen-bond donors (Lipinski definition) is 2. The van der Waals surface area contributed by atoms with Crippen molar-refractivity contribution >= 4 is 27.5 Å². The van der Waals surface area contributed by atoms with Gasteiger partial charge in [-0.1, -0.05) is 28.1 Å². The lowest BCUT2D eigenvalue weighted by molar-refractivity contribution is 0.0930. The van der Waals surface area contributed by atoms with Gasteiger partial charge in [-0.3, -0.25) is 4.79 Å². The van der Waals surface area contributed by atoms with E-state index in [1.54, 1.807) is 12.1 Å². The number of aliphatic hydroxyl groups excluding tert-OH is 1. The molecule has 0 spiro atoms. The highest BCUT2D eigenvalue weighted by atomic mass is 79.9. The summed E-state index contributed by atoms with van der Waals surface area (Å²) in [6.45, 7) is 11.1. The van der Waals surface area contributed by atoms with Gasteiger partial charge in [-0.05, 0) is 62.6 Å². The van der Waals surface area contributed by atoms with Crippen molar-refractivity contribution in [1.29, 1.82) is 0 Å². The average Bonchev–Trinajstić information content (AvgIpc) is 2.63. The summed E-state index contributed by atoms with van der Waals surface area (Å²) in [6.07, 6.45) is 1.01. The third-order valence-electron chi connectivity index (χ3n) is 3.91. The molecule has 1 amide bonds. The van der Waals surface area contributed by atoms with Gasteiger partial charge in [-0.25, -0.2) is 4.85 Å². The van der Waals surface area contributed by atoms with Crippen molar-refractivity contribution in [3.8, 4) is 5.75 Å². The molecule has 1 unspecified atom stereocenters. The van der Waals surface area contributed by atoms with E-state index in [-0.39, 0.29) is 24.7 Å². The Morgan fingerprint density at radius 1 is 1.26 bits per heavy atom. The molecule has 1 atom stereocenters. The fourth-order valence-electron chi connectivity index (χ4n) is 2.65. The SMILES string of the molecule is [C-]#[N+]c1cc(C(=O)NC(CCO)Cc2ccc(Br)cc2)ccc1OC(C)C. The molecule has 0 saturated carbocycles. The molecule has 0 aliphatic rings. The molecule has 2 aromatic rings. The van der Waals surface area contributed by atoms with E-state index in [1.807, 2.05) is 38.1 Å². The van der Waals surface area contributed by atoms with Crippen molar-refractivity contribution in [3.05, 3.63) is 69.5 Å². The predicted molar refractivity (Wildman–Crippen MR) is 109 cm³/mol.